The van der Waals surface area contributed by atoms with Gasteiger partial charge in [-0.2, -0.15) is 0 Å². The molecule has 1 aromatic heterocycles. The lowest BCUT2D eigenvalue weighted by atomic mass is 9.96. The van der Waals surface area contributed by atoms with E-state index in [-0.39, 0.29) is 10.6 Å². The number of halogens is 3. The number of thiazole rings is 1. The molecule has 1 N–H and O–H groups in total. The maximum Gasteiger partial charge on any atom is 0.338 e. The van der Waals surface area contributed by atoms with Crippen LogP contribution in [-0.4, -0.2) is 29.2 Å². The Morgan fingerprint density at radius 3 is 2.78 bits per heavy atom. The third kappa shape index (κ3) is 4.56. The first-order chi connectivity index (χ1) is 13.1. The highest BCUT2D eigenvalue weighted by molar-refractivity contribution is 9.09. The van der Waals surface area contributed by atoms with Crippen molar-refractivity contribution in [1.29, 1.82) is 0 Å². The molecule has 1 unspecified atom stereocenters. The largest absolute Gasteiger partial charge is 0.466 e. The Hall–Kier alpha value is -1.77. The molecule has 0 saturated heterocycles. The Labute approximate surface area is 174 Å². The summed E-state index contributed by atoms with van der Waals surface area (Å²) in [6.07, 6.45) is 1.65. The van der Waals surface area contributed by atoms with Gasteiger partial charge in [-0.15, -0.1) is 11.3 Å². The fraction of sp³-hybridized carbons (Fsp3) is 0.278. The van der Waals surface area contributed by atoms with Crippen LogP contribution in [0.5, 0.6) is 0 Å². The van der Waals surface area contributed by atoms with E-state index in [1.54, 1.807) is 12.3 Å². The number of carbonyl (C=O) groups is 1. The molecule has 0 aliphatic carbocycles. The maximum absolute atomic E-state index is 13.9. The van der Waals surface area contributed by atoms with Crippen molar-refractivity contribution in [2.75, 3.05) is 12.4 Å². The van der Waals surface area contributed by atoms with Crippen LogP contribution in [-0.2, 0) is 9.53 Å². The van der Waals surface area contributed by atoms with Crippen LogP contribution in [0.4, 0.5) is 4.39 Å². The number of rotatable bonds is 4. The minimum atomic E-state index is -0.802. The summed E-state index contributed by atoms with van der Waals surface area (Å²) in [7, 11) is 1.28. The molecule has 27 heavy (non-hydrogen) atoms. The predicted octanol–water partition coefficient (Wildman–Crippen LogP) is 4.87. The molecular formula is C18H18BrClFN3O2S. The first-order valence-corrected chi connectivity index (χ1v) is 10.5. The summed E-state index contributed by atoms with van der Waals surface area (Å²) in [6.45, 7) is 4.00. The number of nitrogens with zero attached hydrogens (tertiary/aromatic N) is 2. The number of aromatic nitrogens is 1. The van der Waals surface area contributed by atoms with E-state index >= 15 is 0 Å². The van der Waals surface area contributed by atoms with Crippen molar-refractivity contribution >= 4 is 50.7 Å². The predicted molar refractivity (Wildman–Crippen MR) is 110 cm³/mol. The van der Waals surface area contributed by atoms with E-state index < -0.39 is 17.8 Å². The Balaban J connectivity index is 0.00000126. The molecule has 3 rings (SSSR count). The van der Waals surface area contributed by atoms with Crippen molar-refractivity contribution in [3.8, 4) is 0 Å². The smallest absolute Gasteiger partial charge is 0.338 e. The van der Waals surface area contributed by atoms with E-state index in [2.05, 4.69) is 31.2 Å². The van der Waals surface area contributed by atoms with Gasteiger partial charge >= 0.3 is 5.97 Å². The molecule has 9 heteroatoms. The molecule has 144 valence electrons. The topological polar surface area (TPSA) is 63.6 Å². The number of nitrogens with one attached hydrogen (secondary N) is 1. The standard InChI is InChI=1S/C16H12BrClFN3O2S.C2H6/c1-24-16(23)11-10(7-17)21-14(15-20-5-6-25-15)22-13(11)8-3-2-4-9(19)12(8)18;1-2/h2-6,13H,7H2,1H3,(H,21,22);1-2H3. The van der Waals surface area contributed by atoms with Crippen LogP contribution in [0.1, 0.15) is 30.5 Å². The second-order valence-electron chi connectivity index (χ2n) is 5.00. The minimum absolute atomic E-state index is 0.0769. The molecule has 1 aliphatic rings. The average molecular weight is 475 g/mol. The number of carbonyl (C=O) groups excluding carboxylic acids is 1. The van der Waals surface area contributed by atoms with Gasteiger partial charge in [0.15, 0.2) is 10.8 Å². The highest BCUT2D eigenvalue weighted by atomic mass is 79.9. The number of esters is 1. The van der Waals surface area contributed by atoms with Crippen molar-refractivity contribution in [3.63, 3.8) is 0 Å². The lowest BCUT2D eigenvalue weighted by Gasteiger charge is -2.26. The number of ether oxygens (including phenoxy) is 1. The van der Waals surface area contributed by atoms with Crippen LogP contribution in [0.25, 0.3) is 0 Å². The maximum atomic E-state index is 13.9. The monoisotopic (exact) mass is 473 g/mol. The van der Waals surface area contributed by atoms with Crippen LogP contribution in [0.15, 0.2) is 46.0 Å². The molecule has 0 spiro atoms. The third-order valence-electron chi connectivity index (χ3n) is 3.58. The normalized spacial score (nSPS) is 16.1. The van der Waals surface area contributed by atoms with Crippen LogP contribution >= 0.6 is 38.9 Å². The Kier molecular flexibility index (Phi) is 7.94. The Bertz CT molecular complexity index is 871. The lowest BCUT2D eigenvalue weighted by molar-refractivity contribution is -0.136. The van der Waals surface area contributed by atoms with E-state index in [0.717, 1.165) is 0 Å². The number of allylic oxidation sites excluding steroid dienone is 1. The lowest BCUT2D eigenvalue weighted by Crippen LogP contribution is -2.34. The molecule has 1 aromatic carbocycles. The van der Waals surface area contributed by atoms with Gasteiger partial charge in [-0.25, -0.2) is 14.2 Å². The van der Waals surface area contributed by atoms with Crippen molar-refractivity contribution in [1.82, 2.24) is 10.3 Å². The number of hydrogen-bond donors (Lipinski definition) is 1. The second-order valence-corrected chi connectivity index (χ2v) is 6.84. The summed E-state index contributed by atoms with van der Waals surface area (Å²) < 4.78 is 18.8. The summed E-state index contributed by atoms with van der Waals surface area (Å²) in [4.78, 5) is 21.1. The first-order valence-electron chi connectivity index (χ1n) is 8.12. The first kappa shape index (κ1) is 21.5. The molecule has 1 atom stereocenters. The number of benzene rings is 1. The van der Waals surface area contributed by atoms with Crippen LogP contribution in [0, 0.1) is 5.82 Å². The molecule has 2 aromatic rings. The highest BCUT2D eigenvalue weighted by Gasteiger charge is 2.33. The van der Waals surface area contributed by atoms with Gasteiger partial charge in [-0.1, -0.05) is 53.5 Å². The average Bonchev–Trinajstić information content (AvgIpc) is 3.25. The minimum Gasteiger partial charge on any atom is -0.466 e. The highest BCUT2D eigenvalue weighted by Crippen LogP contribution is 2.37. The molecule has 0 amide bonds. The molecule has 2 heterocycles. The van der Waals surface area contributed by atoms with Crippen molar-refractivity contribution in [2.45, 2.75) is 19.9 Å². The quantitative estimate of drug-likeness (QED) is 0.507. The molecule has 0 bridgehead atoms. The van der Waals surface area contributed by atoms with E-state index in [0.29, 0.717) is 27.4 Å². The van der Waals surface area contributed by atoms with Gasteiger partial charge in [-0.3, -0.25) is 4.99 Å². The van der Waals surface area contributed by atoms with Crippen molar-refractivity contribution in [2.24, 2.45) is 4.99 Å². The van der Waals surface area contributed by atoms with Crippen LogP contribution < -0.4 is 5.32 Å². The molecule has 0 saturated carbocycles. The van der Waals surface area contributed by atoms with E-state index in [1.807, 2.05) is 19.2 Å². The molecular weight excluding hydrogens is 457 g/mol. The number of alkyl halides is 1. The van der Waals surface area contributed by atoms with Gasteiger partial charge in [-0.05, 0) is 6.07 Å². The summed E-state index contributed by atoms with van der Waals surface area (Å²) >= 11 is 10.9. The third-order valence-corrected chi connectivity index (χ3v) is 5.32. The number of methoxy groups -OCH3 is 1. The SMILES string of the molecule is CC.COC(=O)C1=C(CBr)NC(c2nccs2)=NC1c1cccc(F)c1Cl. The Morgan fingerprint density at radius 1 is 1.44 bits per heavy atom. The fourth-order valence-electron chi connectivity index (χ4n) is 2.46. The zero-order chi connectivity index (χ0) is 20.0. The fourth-order valence-corrected chi connectivity index (χ4v) is 3.72. The van der Waals surface area contributed by atoms with Crippen LogP contribution in [0.2, 0.25) is 5.02 Å². The molecule has 1 aliphatic heterocycles. The zero-order valence-corrected chi connectivity index (χ0v) is 18.1. The molecule has 5 nitrogen and oxygen atoms in total. The summed E-state index contributed by atoms with van der Waals surface area (Å²) in [5, 5.41) is 5.84. The van der Waals surface area contributed by atoms with Gasteiger partial charge in [0.1, 0.15) is 11.9 Å². The summed E-state index contributed by atoms with van der Waals surface area (Å²) in [5.74, 6) is -0.648. The van der Waals surface area contributed by atoms with Gasteiger partial charge in [0.2, 0.25) is 0 Å². The van der Waals surface area contributed by atoms with Crippen molar-refractivity contribution in [3.05, 3.63) is 62.5 Å². The van der Waals surface area contributed by atoms with Gasteiger partial charge in [0.25, 0.3) is 0 Å². The van der Waals surface area contributed by atoms with Crippen LogP contribution in [0.3, 0.4) is 0 Å². The number of aliphatic imine (C=N–C) groups is 1. The second kappa shape index (κ2) is 9.96. The molecule has 0 radical (unpaired) electrons. The van der Waals surface area contributed by atoms with Crippen molar-refractivity contribution < 1.29 is 13.9 Å². The van der Waals surface area contributed by atoms with E-state index in [9.17, 15) is 9.18 Å². The van der Waals surface area contributed by atoms with E-state index in [4.69, 9.17) is 16.3 Å². The van der Waals surface area contributed by atoms with E-state index in [1.165, 1.54) is 30.6 Å². The summed E-state index contributed by atoms with van der Waals surface area (Å²) in [6, 6.07) is 3.62. The number of amidine groups is 1. The molecule has 0 fully saturated rings. The van der Waals surface area contributed by atoms with Gasteiger partial charge < -0.3 is 10.1 Å². The Morgan fingerprint density at radius 2 is 2.19 bits per heavy atom. The zero-order valence-electron chi connectivity index (χ0n) is 14.9. The van der Waals surface area contributed by atoms with Gasteiger partial charge in [0, 0.05) is 28.2 Å². The van der Waals surface area contributed by atoms with Gasteiger partial charge in [0.05, 0.1) is 17.7 Å². The summed E-state index contributed by atoms with van der Waals surface area (Å²) in [5.41, 5.74) is 1.22. The number of hydrogen-bond acceptors (Lipinski definition) is 6.